The quantitative estimate of drug-likeness (QED) is 0.797. The van der Waals surface area contributed by atoms with Crippen LogP contribution in [0.15, 0.2) is 0 Å². The van der Waals surface area contributed by atoms with Crippen molar-refractivity contribution in [3.8, 4) is 0 Å². The van der Waals surface area contributed by atoms with Gasteiger partial charge in [-0.15, -0.1) is 0 Å². The molecule has 1 aromatic rings. The number of rotatable bonds is 2. The fraction of sp³-hybridized carbons (Fsp3) is 0.800. The minimum atomic E-state index is 0.399. The van der Waals surface area contributed by atoms with E-state index >= 15 is 0 Å². The number of hydrogen-bond donors (Lipinski definition) is 2. The van der Waals surface area contributed by atoms with Crippen molar-refractivity contribution in [1.82, 2.24) is 9.36 Å². The van der Waals surface area contributed by atoms with Gasteiger partial charge in [0.2, 0.25) is 11.1 Å². The van der Waals surface area contributed by atoms with Gasteiger partial charge in [0.15, 0.2) is 0 Å². The van der Waals surface area contributed by atoms with Crippen LogP contribution in [0, 0.1) is 23.7 Å². The molecular weight excluding hydrogens is 208 g/mol. The SMILES string of the molecule is Nc1nsc(NC2C3C4CCC(C4)C23)n1. The standard InChI is InChI=1S/C10H14N4S/c11-9-13-10(15-14-9)12-8-6-4-1-2-5(3-4)7(6)8/h4-8H,1-3H2,(H3,11,12,13,14). The first kappa shape index (κ1) is 8.33. The summed E-state index contributed by atoms with van der Waals surface area (Å²) in [5.41, 5.74) is 5.51. The zero-order valence-corrected chi connectivity index (χ0v) is 9.20. The van der Waals surface area contributed by atoms with E-state index in [2.05, 4.69) is 14.7 Å². The van der Waals surface area contributed by atoms with Gasteiger partial charge in [0.05, 0.1) is 0 Å². The maximum Gasteiger partial charge on any atom is 0.233 e. The molecule has 3 fully saturated rings. The van der Waals surface area contributed by atoms with Gasteiger partial charge in [-0.2, -0.15) is 9.36 Å². The molecule has 3 aliphatic rings. The van der Waals surface area contributed by atoms with Crippen LogP contribution in [0.1, 0.15) is 19.3 Å². The first-order valence-electron chi connectivity index (χ1n) is 5.68. The molecule has 4 rings (SSSR count). The van der Waals surface area contributed by atoms with E-state index < -0.39 is 0 Å². The molecule has 1 heterocycles. The highest BCUT2D eigenvalue weighted by Crippen LogP contribution is 2.66. The Morgan fingerprint density at radius 1 is 1.27 bits per heavy atom. The van der Waals surface area contributed by atoms with E-state index in [1.165, 1.54) is 30.8 Å². The van der Waals surface area contributed by atoms with Crippen LogP contribution in [-0.2, 0) is 0 Å². The lowest BCUT2D eigenvalue weighted by Crippen LogP contribution is -2.12. The molecule has 3 saturated carbocycles. The van der Waals surface area contributed by atoms with Crippen LogP contribution >= 0.6 is 11.5 Å². The molecule has 3 N–H and O–H groups in total. The van der Waals surface area contributed by atoms with E-state index in [4.69, 9.17) is 5.73 Å². The molecule has 0 radical (unpaired) electrons. The topological polar surface area (TPSA) is 63.8 Å². The van der Waals surface area contributed by atoms with E-state index in [0.29, 0.717) is 12.0 Å². The number of nitrogens with one attached hydrogen (secondary N) is 1. The molecule has 4 atom stereocenters. The van der Waals surface area contributed by atoms with Crippen molar-refractivity contribution in [2.24, 2.45) is 23.7 Å². The summed E-state index contributed by atoms with van der Waals surface area (Å²) < 4.78 is 3.99. The Kier molecular flexibility index (Phi) is 1.46. The van der Waals surface area contributed by atoms with Crippen molar-refractivity contribution >= 4 is 22.6 Å². The first-order valence-corrected chi connectivity index (χ1v) is 6.46. The molecule has 0 aliphatic heterocycles. The third-order valence-electron chi connectivity index (χ3n) is 4.47. The van der Waals surface area contributed by atoms with Crippen LogP contribution in [0.25, 0.3) is 0 Å². The first-order chi connectivity index (χ1) is 7.33. The Morgan fingerprint density at radius 2 is 2.00 bits per heavy atom. The summed E-state index contributed by atoms with van der Waals surface area (Å²) in [6.07, 6.45) is 4.41. The van der Waals surface area contributed by atoms with Gasteiger partial charge in [-0.25, -0.2) is 0 Å². The third kappa shape index (κ3) is 1.07. The molecule has 5 heteroatoms. The fourth-order valence-corrected chi connectivity index (χ4v) is 4.50. The molecule has 3 aliphatic carbocycles. The van der Waals surface area contributed by atoms with Crippen molar-refractivity contribution in [2.75, 3.05) is 11.1 Å². The average molecular weight is 222 g/mol. The van der Waals surface area contributed by atoms with Crippen LogP contribution < -0.4 is 11.1 Å². The second-order valence-electron chi connectivity index (χ2n) is 5.12. The van der Waals surface area contributed by atoms with Gasteiger partial charge in [0.25, 0.3) is 0 Å². The fourth-order valence-electron chi connectivity index (χ4n) is 3.95. The van der Waals surface area contributed by atoms with E-state index in [0.717, 1.165) is 28.8 Å². The van der Waals surface area contributed by atoms with Gasteiger partial charge in [-0.05, 0) is 42.9 Å². The van der Waals surface area contributed by atoms with Gasteiger partial charge in [-0.1, -0.05) is 0 Å². The number of nitrogens with zero attached hydrogens (tertiary/aromatic N) is 2. The summed E-state index contributed by atoms with van der Waals surface area (Å²) in [6.45, 7) is 0. The Labute approximate surface area is 92.4 Å². The molecule has 0 amide bonds. The summed E-state index contributed by atoms with van der Waals surface area (Å²) in [5, 5.41) is 4.41. The second kappa shape index (κ2) is 2.64. The van der Waals surface area contributed by atoms with E-state index in [-0.39, 0.29) is 0 Å². The molecule has 80 valence electrons. The number of anilines is 2. The predicted molar refractivity (Wildman–Crippen MR) is 59.5 cm³/mol. The van der Waals surface area contributed by atoms with E-state index in [1.807, 2.05) is 0 Å². The molecular formula is C10H14N4S. The smallest absolute Gasteiger partial charge is 0.233 e. The predicted octanol–water partition coefficient (Wildman–Crippen LogP) is 1.58. The highest BCUT2D eigenvalue weighted by Gasteiger charge is 2.65. The Balaban J connectivity index is 1.50. The highest BCUT2D eigenvalue weighted by molar-refractivity contribution is 7.09. The minimum Gasteiger partial charge on any atom is -0.367 e. The van der Waals surface area contributed by atoms with Gasteiger partial charge in [-0.3, -0.25) is 0 Å². The lowest BCUT2D eigenvalue weighted by atomic mass is 10.0. The number of hydrogen-bond acceptors (Lipinski definition) is 5. The van der Waals surface area contributed by atoms with E-state index in [9.17, 15) is 0 Å². The summed E-state index contributed by atoms with van der Waals surface area (Å²) in [6, 6.07) is 0.684. The monoisotopic (exact) mass is 222 g/mol. The van der Waals surface area contributed by atoms with Crippen LogP contribution in [0.5, 0.6) is 0 Å². The summed E-state index contributed by atoms with van der Waals surface area (Å²) in [5.74, 6) is 4.28. The van der Waals surface area contributed by atoms with Crippen LogP contribution in [0.2, 0.25) is 0 Å². The largest absolute Gasteiger partial charge is 0.367 e. The molecule has 0 saturated heterocycles. The molecule has 0 aromatic carbocycles. The minimum absolute atomic E-state index is 0.399. The second-order valence-corrected chi connectivity index (χ2v) is 5.87. The maximum absolute atomic E-state index is 5.51. The van der Waals surface area contributed by atoms with Gasteiger partial charge >= 0.3 is 0 Å². The van der Waals surface area contributed by atoms with Gasteiger partial charge in [0, 0.05) is 17.6 Å². The number of nitrogens with two attached hydrogens (primary N) is 1. The Morgan fingerprint density at radius 3 is 2.60 bits per heavy atom. The lowest BCUT2D eigenvalue weighted by Gasteiger charge is -2.08. The zero-order chi connectivity index (χ0) is 9.99. The van der Waals surface area contributed by atoms with Crippen molar-refractivity contribution in [3.05, 3.63) is 0 Å². The van der Waals surface area contributed by atoms with Crippen molar-refractivity contribution in [2.45, 2.75) is 25.3 Å². The van der Waals surface area contributed by atoms with Crippen molar-refractivity contribution in [1.29, 1.82) is 0 Å². The Hall–Kier alpha value is -0.840. The van der Waals surface area contributed by atoms with Crippen molar-refractivity contribution < 1.29 is 0 Å². The number of nitrogen functional groups attached to an aromatic ring is 1. The zero-order valence-electron chi connectivity index (χ0n) is 8.39. The van der Waals surface area contributed by atoms with Crippen LogP contribution in [0.4, 0.5) is 11.1 Å². The summed E-state index contributed by atoms with van der Waals surface area (Å²) in [7, 11) is 0. The molecule has 2 bridgehead atoms. The van der Waals surface area contributed by atoms with Crippen LogP contribution in [-0.4, -0.2) is 15.4 Å². The maximum atomic E-state index is 5.51. The molecule has 0 spiro atoms. The highest BCUT2D eigenvalue weighted by atomic mass is 32.1. The summed E-state index contributed by atoms with van der Waals surface area (Å²) in [4.78, 5) is 4.16. The normalized spacial score (nSPS) is 45.5. The van der Waals surface area contributed by atoms with Gasteiger partial charge < -0.3 is 11.1 Å². The lowest BCUT2D eigenvalue weighted by molar-refractivity contribution is 0.456. The summed E-state index contributed by atoms with van der Waals surface area (Å²) >= 11 is 1.38. The van der Waals surface area contributed by atoms with Crippen LogP contribution in [0.3, 0.4) is 0 Å². The molecule has 4 unspecified atom stereocenters. The molecule has 1 aromatic heterocycles. The van der Waals surface area contributed by atoms with Crippen molar-refractivity contribution in [3.63, 3.8) is 0 Å². The third-order valence-corrected chi connectivity index (χ3v) is 5.13. The number of aromatic nitrogens is 2. The molecule has 4 nitrogen and oxygen atoms in total. The number of fused-ring (bicyclic) bond motifs is 5. The van der Waals surface area contributed by atoms with E-state index in [1.54, 1.807) is 0 Å². The van der Waals surface area contributed by atoms with Gasteiger partial charge in [0.1, 0.15) is 0 Å². The molecule has 15 heavy (non-hydrogen) atoms. The average Bonchev–Trinajstić information content (AvgIpc) is 2.62. The Bertz CT molecular complexity index is 388.